The van der Waals surface area contributed by atoms with Crippen molar-refractivity contribution in [1.82, 2.24) is 9.80 Å². The molecular formula is C10H20N2O2. The van der Waals surface area contributed by atoms with Crippen molar-refractivity contribution in [1.29, 1.82) is 0 Å². The lowest BCUT2D eigenvalue weighted by Crippen LogP contribution is -2.66. The number of likely N-dealkylation sites (N-methyl/N-ethyl adjacent to an activating group) is 2. The molecule has 0 aromatic heterocycles. The van der Waals surface area contributed by atoms with Crippen molar-refractivity contribution >= 4 is 5.91 Å². The molecule has 14 heavy (non-hydrogen) atoms. The van der Waals surface area contributed by atoms with Crippen LogP contribution in [0.25, 0.3) is 0 Å². The van der Waals surface area contributed by atoms with Crippen LogP contribution in [-0.4, -0.2) is 59.1 Å². The quantitative estimate of drug-likeness (QED) is 0.678. The molecule has 0 bridgehead atoms. The van der Waals surface area contributed by atoms with Gasteiger partial charge in [-0.05, 0) is 27.8 Å². The molecule has 82 valence electrons. The molecule has 1 rings (SSSR count). The zero-order valence-electron chi connectivity index (χ0n) is 9.45. The summed E-state index contributed by atoms with van der Waals surface area (Å²) in [5.74, 6) is 0.0359. The zero-order chi connectivity index (χ0) is 10.9. The number of aliphatic hydroxyl groups excluding tert-OH is 1. The number of carbonyl (C=O) groups is 1. The minimum atomic E-state index is -0.358. The van der Waals surface area contributed by atoms with Crippen LogP contribution in [0.5, 0.6) is 0 Å². The monoisotopic (exact) mass is 200 g/mol. The molecule has 1 saturated heterocycles. The van der Waals surface area contributed by atoms with E-state index in [0.29, 0.717) is 6.54 Å². The Morgan fingerprint density at radius 2 is 2.14 bits per heavy atom. The third-order valence-electron chi connectivity index (χ3n) is 2.94. The molecule has 0 aromatic rings. The van der Waals surface area contributed by atoms with E-state index >= 15 is 0 Å². The summed E-state index contributed by atoms with van der Waals surface area (Å²) in [5, 5.41) is 9.13. The second kappa shape index (κ2) is 3.87. The average molecular weight is 200 g/mol. The van der Waals surface area contributed by atoms with Crippen LogP contribution in [0.1, 0.15) is 20.8 Å². The van der Waals surface area contributed by atoms with Gasteiger partial charge in [-0.1, -0.05) is 0 Å². The Kier molecular flexibility index (Phi) is 3.17. The Hall–Kier alpha value is -0.610. The molecule has 0 spiro atoms. The van der Waals surface area contributed by atoms with Crippen LogP contribution in [0.2, 0.25) is 0 Å². The molecule has 1 amide bonds. The summed E-state index contributed by atoms with van der Waals surface area (Å²) in [7, 11) is 1.88. The molecule has 0 aliphatic carbocycles. The first-order valence-corrected chi connectivity index (χ1v) is 5.06. The van der Waals surface area contributed by atoms with Crippen LogP contribution in [0.3, 0.4) is 0 Å². The first-order chi connectivity index (χ1) is 6.44. The number of piperazine rings is 1. The maximum absolute atomic E-state index is 11.9. The normalized spacial score (nSPS) is 28.2. The topological polar surface area (TPSA) is 43.8 Å². The van der Waals surface area contributed by atoms with Crippen molar-refractivity contribution in [2.24, 2.45) is 0 Å². The van der Waals surface area contributed by atoms with Gasteiger partial charge in [0, 0.05) is 18.6 Å². The van der Waals surface area contributed by atoms with Crippen LogP contribution in [-0.2, 0) is 4.79 Å². The standard InChI is InChI=1S/C10H20N2O2/c1-5-12-9(14)8(6-13)11(4)7-10(12,2)3/h8,13H,5-7H2,1-4H3. The Labute approximate surface area is 85.5 Å². The van der Waals surface area contributed by atoms with E-state index in [4.69, 9.17) is 5.11 Å². The summed E-state index contributed by atoms with van der Waals surface area (Å²) in [6.45, 7) is 7.49. The number of hydrogen-bond acceptors (Lipinski definition) is 3. The maximum atomic E-state index is 11.9. The van der Waals surface area contributed by atoms with Gasteiger partial charge in [-0.2, -0.15) is 0 Å². The Bertz CT molecular complexity index is 228. The molecule has 1 aliphatic rings. The van der Waals surface area contributed by atoms with Gasteiger partial charge in [-0.3, -0.25) is 9.69 Å². The SMILES string of the molecule is CCN1C(=O)C(CO)N(C)CC1(C)C. The van der Waals surface area contributed by atoms with Gasteiger partial charge in [0.15, 0.2) is 0 Å². The third kappa shape index (κ3) is 1.77. The van der Waals surface area contributed by atoms with Gasteiger partial charge in [0.1, 0.15) is 6.04 Å². The van der Waals surface area contributed by atoms with Crippen molar-refractivity contribution in [3.05, 3.63) is 0 Å². The van der Waals surface area contributed by atoms with Gasteiger partial charge >= 0.3 is 0 Å². The molecule has 1 heterocycles. The van der Waals surface area contributed by atoms with Crippen LogP contribution >= 0.6 is 0 Å². The molecule has 1 N–H and O–H groups in total. The largest absolute Gasteiger partial charge is 0.394 e. The Morgan fingerprint density at radius 3 is 2.57 bits per heavy atom. The average Bonchev–Trinajstić information content (AvgIpc) is 2.02. The fourth-order valence-corrected chi connectivity index (χ4v) is 2.27. The molecule has 1 atom stereocenters. The van der Waals surface area contributed by atoms with Crippen LogP contribution in [0.4, 0.5) is 0 Å². The number of carbonyl (C=O) groups excluding carboxylic acids is 1. The highest BCUT2D eigenvalue weighted by atomic mass is 16.3. The summed E-state index contributed by atoms with van der Waals surface area (Å²) in [6, 6.07) is -0.358. The summed E-state index contributed by atoms with van der Waals surface area (Å²) in [4.78, 5) is 15.7. The Balaban J connectivity index is 2.90. The van der Waals surface area contributed by atoms with Gasteiger partial charge in [-0.15, -0.1) is 0 Å². The van der Waals surface area contributed by atoms with E-state index in [-0.39, 0.29) is 24.1 Å². The second-order valence-electron chi connectivity index (χ2n) is 4.51. The van der Waals surface area contributed by atoms with E-state index in [1.807, 2.05) is 23.8 Å². The number of nitrogens with zero attached hydrogens (tertiary/aromatic N) is 2. The molecule has 1 fully saturated rings. The molecule has 0 saturated carbocycles. The summed E-state index contributed by atoms with van der Waals surface area (Å²) < 4.78 is 0. The van der Waals surface area contributed by atoms with Gasteiger partial charge in [-0.25, -0.2) is 0 Å². The Morgan fingerprint density at radius 1 is 1.57 bits per heavy atom. The minimum Gasteiger partial charge on any atom is -0.394 e. The maximum Gasteiger partial charge on any atom is 0.242 e. The predicted molar refractivity (Wildman–Crippen MR) is 55.0 cm³/mol. The summed E-state index contributed by atoms with van der Waals surface area (Å²) in [6.07, 6.45) is 0. The molecule has 0 radical (unpaired) electrons. The molecular weight excluding hydrogens is 180 g/mol. The lowest BCUT2D eigenvalue weighted by molar-refractivity contribution is -0.151. The summed E-state index contributed by atoms with van der Waals surface area (Å²) in [5.41, 5.74) is -0.133. The van der Waals surface area contributed by atoms with Gasteiger partial charge < -0.3 is 10.0 Å². The number of aliphatic hydroxyl groups is 1. The van der Waals surface area contributed by atoms with Crippen molar-refractivity contribution in [2.45, 2.75) is 32.4 Å². The lowest BCUT2D eigenvalue weighted by Gasteiger charge is -2.48. The molecule has 4 nitrogen and oxygen atoms in total. The molecule has 0 aromatic carbocycles. The second-order valence-corrected chi connectivity index (χ2v) is 4.51. The summed E-state index contributed by atoms with van der Waals surface area (Å²) >= 11 is 0. The first-order valence-electron chi connectivity index (χ1n) is 5.06. The van der Waals surface area contributed by atoms with Crippen LogP contribution in [0, 0.1) is 0 Å². The fraction of sp³-hybridized carbons (Fsp3) is 0.900. The van der Waals surface area contributed by atoms with E-state index in [0.717, 1.165) is 6.54 Å². The van der Waals surface area contributed by atoms with Gasteiger partial charge in [0.25, 0.3) is 0 Å². The van der Waals surface area contributed by atoms with Crippen molar-refractivity contribution in [2.75, 3.05) is 26.7 Å². The zero-order valence-corrected chi connectivity index (χ0v) is 9.45. The molecule has 1 unspecified atom stereocenters. The van der Waals surface area contributed by atoms with Crippen LogP contribution in [0.15, 0.2) is 0 Å². The number of hydrogen-bond donors (Lipinski definition) is 1. The lowest BCUT2D eigenvalue weighted by atomic mass is 9.95. The first kappa shape index (κ1) is 11.5. The molecule has 1 aliphatic heterocycles. The van der Waals surface area contributed by atoms with E-state index in [1.54, 1.807) is 0 Å². The predicted octanol–water partition coefficient (Wildman–Crippen LogP) is -0.0802. The molecule has 4 heteroatoms. The van der Waals surface area contributed by atoms with Crippen molar-refractivity contribution in [3.63, 3.8) is 0 Å². The van der Waals surface area contributed by atoms with E-state index in [9.17, 15) is 4.79 Å². The van der Waals surface area contributed by atoms with Crippen LogP contribution < -0.4 is 0 Å². The highest BCUT2D eigenvalue weighted by Crippen LogP contribution is 2.23. The van der Waals surface area contributed by atoms with Gasteiger partial charge in [0.05, 0.1) is 6.61 Å². The van der Waals surface area contributed by atoms with E-state index in [2.05, 4.69) is 13.8 Å². The number of amides is 1. The minimum absolute atomic E-state index is 0.0359. The smallest absolute Gasteiger partial charge is 0.242 e. The van der Waals surface area contributed by atoms with E-state index < -0.39 is 0 Å². The highest BCUT2D eigenvalue weighted by Gasteiger charge is 2.41. The highest BCUT2D eigenvalue weighted by molar-refractivity contribution is 5.83. The fourth-order valence-electron chi connectivity index (χ4n) is 2.27. The van der Waals surface area contributed by atoms with Gasteiger partial charge in [0.2, 0.25) is 5.91 Å². The third-order valence-corrected chi connectivity index (χ3v) is 2.94. The van der Waals surface area contributed by atoms with E-state index in [1.165, 1.54) is 0 Å². The number of rotatable bonds is 2. The van der Waals surface area contributed by atoms with Crippen molar-refractivity contribution < 1.29 is 9.90 Å². The van der Waals surface area contributed by atoms with Crippen molar-refractivity contribution in [3.8, 4) is 0 Å².